The fraction of sp³-hybridized carbons (Fsp3) is 0.444. The molecule has 0 aliphatic carbocycles. The largest absolute Gasteiger partial charge is 0.463 e. The summed E-state index contributed by atoms with van der Waals surface area (Å²) in [4.78, 5) is 25.6. The van der Waals surface area contributed by atoms with Gasteiger partial charge in [-0.25, -0.2) is 0 Å². The zero-order valence-electron chi connectivity index (χ0n) is 13.6. The summed E-state index contributed by atoms with van der Waals surface area (Å²) in [7, 11) is 0. The third kappa shape index (κ3) is 3.23. The topological polar surface area (TPSA) is 62.6 Å². The van der Waals surface area contributed by atoms with Crippen LogP contribution in [0.1, 0.15) is 36.2 Å². The molecule has 122 valence electrons. The molecule has 5 nitrogen and oxygen atoms in total. The number of hydrogen-bond donors (Lipinski definition) is 1. The molecule has 2 heterocycles. The maximum atomic E-state index is 12.8. The second kappa shape index (κ2) is 6.44. The van der Waals surface area contributed by atoms with E-state index in [1.807, 2.05) is 23.1 Å². The van der Waals surface area contributed by atoms with Gasteiger partial charge in [0.15, 0.2) is 0 Å². The third-order valence-corrected chi connectivity index (χ3v) is 4.49. The van der Waals surface area contributed by atoms with E-state index >= 15 is 0 Å². The second-order valence-electron chi connectivity index (χ2n) is 6.18. The first-order valence-corrected chi connectivity index (χ1v) is 8.12. The molecule has 0 radical (unpaired) electrons. The van der Waals surface area contributed by atoms with Crippen molar-refractivity contribution in [1.82, 2.24) is 10.2 Å². The van der Waals surface area contributed by atoms with Crippen LogP contribution in [0.2, 0.25) is 0 Å². The van der Waals surface area contributed by atoms with Gasteiger partial charge in [0.05, 0.1) is 5.56 Å². The fourth-order valence-corrected chi connectivity index (χ4v) is 3.10. The first-order chi connectivity index (χ1) is 11.1. The summed E-state index contributed by atoms with van der Waals surface area (Å²) in [6.45, 7) is 5.64. The minimum atomic E-state index is -0.0253. The number of hydrogen-bond acceptors (Lipinski definition) is 3. The lowest BCUT2D eigenvalue weighted by molar-refractivity contribution is -0.119. The summed E-state index contributed by atoms with van der Waals surface area (Å²) >= 11 is 0. The molecular formula is C18H22N2O3. The van der Waals surface area contributed by atoms with Crippen LogP contribution in [0.4, 0.5) is 0 Å². The SMILES string of the molecule is CCc1ccc2occ(C(=O)N3CCC(CNC(C)=O)C3)c2c1. The van der Waals surface area contributed by atoms with Crippen molar-refractivity contribution >= 4 is 22.8 Å². The zero-order chi connectivity index (χ0) is 16.4. The van der Waals surface area contributed by atoms with Crippen molar-refractivity contribution < 1.29 is 14.0 Å². The van der Waals surface area contributed by atoms with E-state index in [9.17, 15) is 9.59 Å². The Morgan fingerprint density at radius 1 is 1.39 bits per heavy atom. The molecule has 2 aromatic rings. The first-order valence-electron chi connectivity index (χ1n) is 8.12. The number of aryl methyl sites for hydroxylation is 1. The number of nitrogens with zero attached hydrogens (tertiary/aromatic N) is 1. The lowest BCUT2D eigenvalue weighted by atomic mass is 10.1. The molecule has 0 spiro atoms. The number of carbonyl (C=O) groups is 2. The molecule has 1 aromatic carbocycles. The summed E-state index contributed by atoms with van der Waals surface area (Å²) in [5.74, 6) is 0.317. The van der Waals surface area contributed by atoms with Crippen LogP contribution < -0.4 is 5.32 Å². The van der Waals surface area contributed by atoms with Crippen molar-refractivity contribution in [2.75, 3.05) is 19.6 Å². The van der Waals surface area contributed by atoms with E-state index in [4.69, 9.17) is 4.42 Å². The van der Waals surface area contributed by atoms with Crippen LogP contribution in [-0.4, -0.2) is 36.3 Å². The Kier molecular flexibility index (Phi) is 4.37. The number of carbonyl (C=O) groups excluding carboxylic acids is 2. The standard InChI is InChI=1S/C18H22N2O3/c1-3-13-4-5-17-15(8-13)16(11-23-17)18(22)20-7-6-14(10-20)9-19-12(2)21/h4-5,8,11,14H,3,6-7,9-10H2,1-2H3,(H,19,21). The number of fused-ring (bicyclic) bond motifs is 1. The quantitative estimate of drug-likeness (QED) is 0.943. The number of amides is 2. The molecular weight excluding hydrogens is 292 g/mol. The molecule has 1 atom stereocenters. The van der Waals surface area contributed by atoms with E-state index < -0.39 is 0 Å². The summed E-state index contributed by atoms with van der Waals surface area (Å²) < 4.78 is 5.53. The number of nitrogens with one attached hydrogen (secondary N) is 1. The van der Waals surface area contributed by atoms with Crippen molar-refractivity contribution in [1.29, 1.82) is 0 Å². The van der Waals surface area contributed by atoms with Crippen LogP contribution in [0.25, 0.3) is 11.0 Å². The second-order valence-corrected chi connectivity index (χ2v) is 6.18. The van der Waals surface area contributed by atoms with Crippen molar-refractivity contribution in [2.45, 2.75) is 26.7 Å². The molecule has 1 unspecified atom stereocenters. The van der Waals surface area contributed by atoms with Gasteiger partial charge >= 0.3 is 0 Å². The number of benzene rings is 1. The lowest BCUT2D eigenvalue weighted by Crippen LogP contribution is -2.32. The molecule has 23 heavy (non-hydrogen) atoms. The molecule has 1 aliphatic rings. The average molecular weight is 314 g/mol. The molecule has 0 bridgehead atoms. The van der Waals surface area contributed by atoms with Gasteiger partial charge in [-0.05, 0) is 36.5 Å². The molecule has 1 N–H and O–H groups in total. The smallest absolute Gasteiger partial charge is 0.257 e. The Morgan fingerprint density at radius 3 is 2.96 bits per heavy atom. The maximum absolute atomic E-state index is 12.8. The normalized spacial score (nSPS) is 17.7. The van der Waals surface area contributed by atoms with Gasteiger partial charge in [-0.15, -0.1) is 0 Å². The van der Waals surface area contributed by atoms with E-state index in [1.165, 1.54) is 12.5 Å². The molecule has 0 saturated carbocycles. The van der Waals surface area contributed by atoms with Gasteiger partial charge < -0.3 is 14.6 Å². The molecule has 2 amide bonds. The van der Waals surface area contributed by atoms with Gasteiger partial charge in [-0.1, -0.05) is 13.0 Å². The Morgan fingerprint density at radius 2 is 2.22 bits per heavy atom. The van der Waals surface area contributed by atoms with Crippen molar-refractivity contribution in [3.05, 3.63) is 35.6 Å². The molecule has 1 saturated heterocycles. The molecule has 5 heteroatoms. The van der Waals surface area contributed by atoms with Crippen LogP contribution in [0.15, 0.2) is 28.9 Å². The summed E-state index contributed by atoms with van der Waals surface area (Å²) in [6, 6.07) is 5.99. The highest BCUT2D eigenvalue weighted by Gasteiger charge is 2.28. The number of likely N-dealkylation sites (tertiary alicyclic amines) is 1. The highest BCUT2D eigenvalue weighted by atomic mass is 16.3. The van der Waals surface area contributed by atoms with Gasteiger partial charge in [0, 0.05) is 31.9 Å². The lowest BCUT2D eigenvalue weighted by Gasteiger charge is -2.16. The zero-order valence-corrected chi connectivity index (χ0v) is 13.6. The van der Waals surface area contributed by atoms with Crippen LogP contribution in [-0.2, 0) is 11.2 Å². The molecule has 1 aromatic heterocycles. The third-order valence-electron chi connectivity index (χ3n) is 4.49. The van der Waals surface area contributed by atoms with E-state index in [0.29, 0.717) is 24.6 Å². The van der Waals surface area contributed by atoms with E-state index in [0.717, 1.165) is 30.4 Å². The molecule has 1 aliphatic heterocycles. The molecule has 3 rings (SSSR count). The minimum absolute atomic E-state index is 0.0160. The summed E-state index contributed by atoms with van der Waals surface area (Å²) in [6.07, 6.45) is 3.41. The van der Waals surface area contributed by atoms with Crippen LogP contribution >= 0.6 is 0 Å². The Labute approximate surface area is 135 Å². The van der Waals surface area contributed by atoms with Gasteiger partial charge in [0.1, 0.15) is 11.8 Å². The van der Waals surface area contributed by atoms with Crippen molar-refractivity contribution in [2.24, 2.45) is 5.92 Å². The van der Waals surface area contributed by atoms with Gasteiger partial charge in [-0.3, -0.25) is 9.59 Å². The first kappa shape index (κ1) is 15.6. The van der Waals surface area contributed by atoms with Crippen molar-refractivity contribution in [3.63, 3.8) is 0 Å². The average Bonchev–Trinajstić information content (AvgIpc) is 3.18. The maximum Gasteiger partial charge on any atom is 0.257 e. The van der Waals surface area contributed by atoms with Crippen LogP contribution in [0, 0.1) is 5.92 Å². The summed E-state index contributed by atoms with van der Waals surface area (Å²) in [5.41, 5.74) is 2.58. The van der Waals surface area contributed by atoms with E-state index in [-0.39, 0.29) is 11.8 Å². The predicted octanol–water partition coefficient (Wildman–Crippen LogP) is 2.59. The minimum Gasteiger partial charge on any atom is -0.463 e. The Hall–Kier alpha value is -2.30. The van der Waals surface area contributed by atoms with Gasteiger partial charge in [-0.2, -0.15) is 0 Å². The summed E-state index contributed by atoms with van der Waals surface area (Å²) in [5, 5.41) is 3.72. The Balaban J connectivity index is 1.75. The van der Waals surface area contributed by atoms with Gasteiger partial charge in [0.25, 0.3) is 5.91 Å². The highest BCUT2D eigenvalue weighted by molar-refractivity contribution is 6.06. The Bertz CT molecular complexity index is 735. The number of furan rings is 1. The highest BCUT2D eigenvalue weighted by Crippen LogP contribution is 2.26. The predicted molar refractivity (Wildman–Crippen MR) is 88.3 cm³/mol. The van der Waals surface area contributed by atoms with Gasteiger partial charge in [0.2, 0.25) is 5.91 Å². The molecule has 1 fully saturated rings. The number of rotatable bonds is 4. The van der Waals surface area contributed by atoms with E-state index in [2.05, 4.69) is 12.2 Å². The monoisotopic (exact) mass is 314 g/mol. The van der Waals surface area contributed by atoms with Crippen molar-refractivity contribution in [3.8, 4) is 0 Å². The van der Waals surface area contributed by atoms with Crippen LogP contribution in [0.5, 0.6) is 0 Å². The fourth-order valence-electron chi connectivity index (χ4n) is 3.10. The van der Waals surface area contributed by atoms with Crippen LogP contribution in [0.3, 0.4) is 0 Å². The van der Waals surface area contributed by atoms with E-state index in [1.54, 1.807) is 6.26 Å².